The van der Waals surface area contributed by atoms with Gasteiger partial charge in [0, 0.05) is 17.5 Å². The van der Waals surface area contributed by atoms with Crippen LogP contribution < -0.4 is 10.6 Å². The first kappa shape index (κ1) is 21.5. The molecule has 29 heavy (non-hydrogen) atoms. The predicted molar refractivity (Wildman–Crippen MR) is 115 cm³/mol. The van der Waals surface area contributed by atoms with E-state index in [0.717, 1.165) is 23.7 Å². The molecule has 2 N–H and O–H groups in total. The van der Waals surface area contributed by atoms with Crippen molar-refractivity contribution in [3.05, 3.63) is 54.0 Å². The third kappa shape index (κ3) is 6.11. The highest BCUT2D eigenvalue weighted by Gasteiger charge is 2.26. The number of hydrogen-bond donors (Lipinski definition) is 2. The van der Waals surface area contributed by atoms with Gasteiger partial charge in [0.25, 0.3) is 5.91 Å². The Morgan fingerprint density at radius 3 is 2.59 bits per heavy atom. The van der Waals surface area contributed by atoms with Gasteiger partial charge in [0.05, 0.1) is 23.6 Å². The van der Waals surface area contributed by atoms with E-state index in [1.807, 2.05) is 44.2 Å². The van der Waals surface area contributed by atoms with E-state index in [-0.39, 0.29) is 29.7 Å². The lowest BCUT2D eigenvalue weighted by molar-refractivity contribution is -0.119. The average Bonchev–Trinajstić information content (AvgIpc) is 3.41. The van der Waals surface area contributed by atoms with Crippen LogP contribution in [0, 0.1) is 0 Å². The molecule has 1 fully saturated rings. The molecule has 1 atom stereocenters. The first-order valence-corrected chi connectivity index (χ1v) is 11.1. The maximum atomic E-state index is 12.9. The molecule has 2 heterocycles. The molecule has 1 saturated heterocycles. The zero-order chi connectivity index (χ0) is 20.6. The topological polar surface area (TPSA) is 74.6 Å². The summed E-state index contributed by atoms with van der Waals surface area (Å²) in [6.45, 7) is 6.37. The summed E-state index contributed by atoms with van der Waals surface area (Å²) < 4.78 is 5.62. The van der Waals surface area contributed by atoms with Gasteiger partial charge in [-0.05, 0) is 64.0 Å². The van der Waals surface area contributed by atoms with Gasteiger partial charge in [-0.25, -0.2) is 0 Å². The minimum absolute atomic E-state index is 0.0351. The molecule has 1 aromatic heterocycles. The number of nitrogens with one attached hydrogen (secondary N) is 2. The summed E-state index contributed by atoms with van der Waals surface area (Å²) in [6, 6.07) is 11.4. The minimum atomic E-state index is -0.131. The van der Waals surface area contributed by atoms with Crippen molar-refractivity contribution in [2.75, 3.05) is 25.4 Å². The highest BCUT2D eigenvalue weighted by molar-refractivity contribution is 8.00. The first-order valence-electron chi connectivity index (χ1n) is 10.1. The summed E-state index contributed by atoms with van der Waals surface area (Å²) in [7, 11) is 0. The summed E-state index contributed by atoms with van der Waals surface area (Å²) in [5, 5.41) is 5.94. The van der Waals surface area contributed by atoms with E-state index >= 15 is 0 Å². The Bertz CT molecular complexity index is 801. The van der Waals surface area contributed by atoms with Crippen LogP contribution in [0.15, 0.2) is 52.0 Å². The Morgan fingerprint density at radius 1 is 1.14 bits per heavy atom. The monoisotopic (exact) mass is 415 g/mol. The number of carbonyl (C=O) groups excluding carboxylic acids is 2. The summed E-state index contributed by atoms with van der Waals surface area (Å²) in [5.41, 5.74) is 0.592. The predicted octanol–water partition coefficient (Wildman–Crippen LogP) is 3.46. The minimum Gasteiger partial charge on any atom is -0.468 e. The summed E-state index contributed by atoms with van der Waals surface area (Å²) in [6.07, 6.45) is 4.01. The summed E-state index contributed by atoms with van der Waals surface area (Å²) >= 11 is 1.38. The number of nitrogens with zero attached hydrogens (tertiary/aromatic N) is 1. The fourth-order valence-corrected chi connectivity index (χ4v) is 4.38. The van der Waals surface area contributed by atoms with Crippen LogP contribution in [0.1, 0.15) is 48.8 Å². The quantitative estimate of drug-likeness (QED) is 0.614. The molecule has 3 rings (SSSR count). The lowest BCUT2D eigenvalue weighted by Crippen LogP contribution is -2.36. The zero-order valence-electron chi connectivity index (χ0n) is 17.0. The highest BCUT2D eigenvalue weighted by Crippen LogP contribution is 2.26. The second kappa shape index (κ2) is 10.5. The number of furan rings is 1. The van der Waals surface area contributed by atoms with Crippen LogP contribution in [-0.2, 0) is 4.79 Å². The van der Waals surface area contributed by atoms with Crippen molar-refractivity contribution in [1.82, 2.24) is 15.5 Å². The maximum Gasteiger partial charge on any atom is 0.252 e. The highest BCUT2D eigenvalue weighted by atomic mass is 32.2. The van der Waals surface area contributed by atoms with Crippen molar-refractivity contribution >= 4 is 23.6 Å². The molecule has 0 radical (unpaired) electrons. The largest absolute Gasteiger partial charge is 0.468 e. The molecule has 0 aliphatic carbocycles. The Balaban J connectivity index is 1.63. The fourth-order valence-electron chi connectivity index (χ4n) is 3.52. The van der Waals surface area contributed by atoms with Gasteiger partial charge in [-0.2, -0.15) is 0 Å². The molecular formula is C22H29N3O3S. The van der Waals surface area contributed by atoms with Gasteiger partial charge in [0.2, 0.25) is 5.91 Å². The van der Waals surface area contributed by atoms with Crippen LogP contribution >= 0.6 is 11.8 Å². The third-order valence-electron chi connectivity index (χ3n) is 4.85. The van der Waals surface area contributed by atoms with E-state index in [0.29, 0.717) is 12.1 Å². The number of benzene rings is 1. The van der Waals surface area contributed by atoms with Crippen molar-refractivity contribution in [2.45, 2.75) is 43.7 Å². The fraction of sp³-hybridized carbons (Fsp3) is 0.455. The maximum absolute atomic E-state index is 12.9. The number of hydrogen-bond acceptors (Lipinski definition) is 5. The molecule has 6 nitrogen and oxygen atoms in total. The van der Waals surface area contributed by atoms with Gasteiger partial charge in [0.1, 0.15) is 5.76 Å². The smallest absolute Gasteiger partial charge is 0.252 e. The van der Waals surface area contributed by atoms with Crippen molar-refractivity contribution < 1.29 is 14.0 Å². The molecule has 1 aliphatic heterocycles. The van der Waals surface area contributed by atoms with Gasteiger partial charge < -0.3 is 15.1 Å². The zero-order valence-corrected chi connectivity index (χ0v) is 17.8. The lowest BCUT2D eigenvalue weighted by Gasteiger charge is -2.26. The second-order valence-electron chi connectivity index (χ2n) is 7.49. The SMILES string of the molecule is CC(C)NC(=O)CSc1ccccc1C(=O)NC[C@H](c1ccco1)N1CCCC1. The van der Waals surface area contributed by atoms with Crippen LogP contribution in [0.4, 0.5) is 0 Å². The summed E-state index contributed by atoms with van der Waals surface area (Å²) in [5.74, 6) is 0.992. The van der Waals surface area contributed by atoms with Crippen molar-refractivity contribution in [3.63, 3.8) is 0 Å². The molecule has 2 amide bonds. The molecule has 1 aliphatic rings. The molecule has 0 spiro atoms. The van der Waals surface area contributed by atoms with E-state index in [1.54, 1.807) is 12.3 Å². The molecular weight excluding hydrogens is 386 g/mol. The van der Waals surface area contributed by atoms with Crippen LogP contribution in [-0.4, -0.2) is 48.1 Å². The Morgan fingerprint density at radius 2 is 1.90 bits per heavy atom. The van der Waals surface area contributed by atoms with E-state index < -0.39 is 0 Å². The first-order chi connectivity index (χ1) is 14.0. The van der Waals surface area contributed by atoms with Crippen LogP contribution in [0.3, 0.4) is 0 Å². The van der Waals surface area contributed by atoms with E-state index in [2.05, 4.69) is 15.5 Å². The molecule has 7 heteroatoms. The van der Waals surface area contributed by atoms with Crippen molar-refractivity contribution in [2.24, 2.45) is 0 Å². The standard InChI is InChI=1S/C22H29N3O3S/c1-16(2)24-21(26)15-29-20-10-4-3-8-17(20)22(27)23-14-18(19-9-7-13-28-19)25-11-5-6-12-25/h3-4,7-10,13,16,18H,5-6,11-12,14-15H2,1-2H3,(H,23,27)(H,24,26)/t18-/m1/s1. The Hall–Kier alpha value is -2.25. The van der Waals surface area contributed by atoms with E-state index in [1.165, 1.54) is 24.6 Å². The van der Waals surface area contributed by atoms with Crippen LogP contribution in [0.2, 0.25) is 0 Å². The number of carbonyl (C=O) groups is 2. The van der Waals surface area contributed by atoms with Crippen LogP contribution in [0.25, 0.3) is 0 Å². The molecule has 2 aromatic rings. The Kier molecular flexibility index (Phi) is 7.77. The number of thioether (sulfide) groups is 1. The van der Waals surface area contributed by atoms with Crippen molar-refractivity contribution in [3.8, 4) is 0 Å². The van der Waals surface area contributed by atoms with Gasteiger partial charge in [-0.15, -0.1) is 11.8 Å². The molecule has 0 bridgehead atoms. The van der Waals surface area contributed by atoms with E-state index in [4.69, 9.17) is 4.42 Å². The average molecular weight is 416 g/mol. The Labute approximate surface area is 176 Å². The number of likely N-dealkylation sites (tertiary alicyclic amines) is 1. The summed E-state index contributed by atoms with van der Waals surface area (Å²) in [4.78, 5) is 28.0. The van der Waals surface area contributed by atoms with Gasteiger partial charge in [-0.1, -0.05) is 12.1 Å². The van der Waals surface area contributed by atoms with Gasteiger partial charge >= 0.3 is 0 Å². The number of rotatable bonds is 9. The van der Waals surface area contributed by atoms with Gasteiger partial charge in [-0.3, -0.25) is 14.5 Å². The van der Waals surface area contributed by atoms with Gasteiger partial charge in [0.15, 0.2) is 0 Å². The normalized spacial score (nSPS) is 15.4. The molecule has 0 saturated carbocycles. The van der Waals surface area contributed by atoms with Crippen molar-refractivity contribution in [1.29, 1.82) is 0 Å². The molecule has 1 aromatic carbocycles. The molecule has 156 valence electrons. The van der Waals surface area contributed by atoms with E-state index in [9.17, 15) is 9.59 Å². The van der Waals surface area contributed by atoms with Crippen LogP contribution in [0.5, 0.6) is 0 Å². The third-order valence-corrected chi connectivity index (χ3v) is 5.92. The number of amides is 2. The molecule has 0 unspecified atom stereocenters. The second-order valence-corrected chi connectivity index (χ2v) is 8.51. The lowest BCUT2D eigenvalue weighted by atomic mass is 10.1.